The van der Waals surface area contributed by atoms with Gasteiger partial charge in [0, 0.05) is 5.33 Å². The molecule has 1 aromatic carbocycles. The third-order valence-electron chi connectivity index (χ3n) is 3.90. The molecule has 1 amide bonds. The van der Waals surface area contributed by atoms with E-state index in [2.05, 4.69) is 28.2 Å². The Morgan fingerprint density at radius 3 is 2.90 bits per heavy atom. The highest BCUT2D eigenvalue weighted by atomic mass is 79.9. The zero-order valence-electron chi connectivity index (χ0n) is 11.4. The molecule has 20 heavy (non-hydrogen) atoms. The van der Waals surface area contributed by atoms with Crippen LogP contribution in [0, 0.1) is 17.6 Å². The smallest absolute Gasteiger partial charge is 0.254 e. The number of benzene rings is 1. The van der Waals surface area contributed by atoms with Crippen LogP contribution in [0.5, 0.6) is 0 Å². The second-order valence-electron chi connectivity index (χ2n) is 5.69. The summed E-state index contributed by atoms with van der Waals surface area (Å²) in [6.45, 7) is 2.14. The lowest BCUT2D eigenvalue weighted by atomic mass is 9.77. The Labute approximate surface area is 126 Å². The van der Waals surface area contributed by atoms with E-state index in [1.165, 1.54) is 0 Å². The standard InChI is InChI=1S/C15H18BrF2NO/c1-10-3-2-6-15(8-10,9-16)19-14(20)12-7-11(17)4-5-13(12)18/h4-5,7,10H,2-3,6,8-9H2,1H3,(H,19,20). The fourth-order valence-corrected chi connectivity index (χ4v) is 3.56. The maximum absolute atomic E-state index is 13.6. The normalized spacial score (nSPS) is 26.3. The molecule has 0 spiro atoms. The van der Waals surface area contributed by atoms with Gasteiger partial charge in [0.1, 0.15) is 11.6 Å². The summed E-state index contributed by atoms with van der Waals surface area (Å²) in [5.74, 6) is -1.34. The molecule has 2 nitrogen and oxygen atoms in total. The Morgan fingerprint density at radius 1 is 1.50 bits per heavy atom. The second-order valence-corrected chi connectivity index (χ2v) is 6.25. The Bertz CT molecular complexity index is 509. The van der Waals surface area contributed by atoms with Crippen LogP contribution >= 0.6 is 15.9 Å². The number of amides is 1. The van der Waals surface area contributed by atoms with Gasteiger partial charge in [-0.25, -0.2) is 8.78 Å². The largest absolute Gasteiger partial charge is 0.346 e. The molecule has 2 atom stereocenters. The predicted octanol–water partition coefficient (Wildman–Crippen LogP) is 4.04. The topological polar surface area (TPSA) is 29.1 Å². The zero-order chi connectivity index (χ0) is 14.8. The van der Waals surface area contributed by atoms with Crippen LogP contribution in [-0.2, 0) is 0 Å². The summed E-state index contributed by atoms with van der Waals surface area (Å²) in [6, 6.07) is 2.93. The second kappa shape index (κ2) is 6.20. The Balaban J connectivity index is 2.19. The number of nitrogens with one attached hydrogen (secondary N) is 1. The average molecular weight is 346 g/mol. The average Bonchev–Trinajstić information content (AvgIpc) is 2.41. The minimum Gasteiger partial charge on any atom is -0.346 e. The summed E-state index contributed by atoms with van der Waals surface area (Å²) < 4.78 is 26.8. The van der Waals surface area contributed by atoms with Crippen molar-refractivity contribution in [3.63, 3.8) is 0 Å². The van der Waals surface area contributed by atoms with Crippen molar-refractivity contribution >= 4 is 21.8 Å². The predicted molar refractivity (Wildman–Crippen MR) is 78.0 cm³/mol. The van der Waals surface area contributed by atoms with Gasteiger partial charge in [-0.05, 0) is 37.0 Å². The Kier molecular flexibility index (Phi) is 4.78. The summed E-state index contributed by atoms with van der Waals surface area (Å²) in [5, 5.41) is 3.52. The molecule has 5 heteroatoms. The van der Waals surface area contributed by atoms with Crippen molar-refractivity contribution in [3.8, 4) is 0 Å². The van der Waals surface area contributed by atoms with E-state index >= 15 is 0 Å². The summed E-state index contributed by atoms with van der Waals surface area (Å²) in [4.78, 5) is 12.2. The van der Waals surface area contributed by atoms with Crippen LogP contribution in [0.2, 0.25) is 0 Å². The first kappa shape index (κ1) is 15.4. The summed E-state index contributed by atoms with van der Waals surface area (Å²) in [7, 11) is 0. The number of hydrogen-bond acceptors (Lipinski definition) is 1. The number of halogens is 3. The van der Waals surface area contributed by atoms with Crippen LogP contribution < -0.4 is 5.32 Å². The number of carbonyl (C=O) groups excluding carboxylic acids is 1. The van der Waals surface area contributed by atoms with Gasteiger partial charge in [0.15, 0.2) is 0 Å². The summed E-state index contributed by atoms with van der Waals surface area (Å²) in [6.07, 6.45) is 3.86. The molecule has 2 rings (SSSR count). The zero-order valence-corrected chi connectivity index (χ0v) is 13.0. The van der Waals surface area contributed by atoms with E-state index < -0.39 is 17.5 Å². The highest BCUT2D eigenvalue weighted by molar-refractivity contribution is 9.09. The van der Waals surface area contributed by atoms with E-state index in [9.17, 15) is 13.6 Å². The maximum Gasteiger partial charge on any atom is 0.254 e. The SMILES string of the molecule is CC1CCCC(CBr)(NC(=O)c2cc(F)ccc2F)C1. The molecular formula is C15H18BrF2NO. The highest BCUT2D eigenvalue weighted by Crippen LogP contribution is 2.34. The molecule has 0 heterocycles. The molecule has 0 saturated heterocycles. The lowest BCUT2D eigenvalue weighted by molar-refractivity contribution is 0.0865. The van der Waals surface area contributed by atoms with Crippen molar-refractivity contribution in [2.24, 2.45) is 5.92 Å². The third-order valence-corrected chi connectivity index (χ3v) is 4.97. The fraction of sp³-hybridized carbons (Fsp3) is 0.533. The quantitative estimate of drug-likeness (QED) is 0.823. The van der Waals surface area contributed by atoms with Crippen molar-refractivity contribution < 1.29 is 13.6 Å². The first-order valence-electron chi connectivity index (χ1n) is 6.79. The molecule has 0 radical (unpaired) electrons. The van der Waals surface area contributed by atoms with Gasteiger partial charge in [-0.15, -0.1) is 0 Å². The van der Waals surface area contributed by atoms with Crippen molar-refractivity contribution in [1.82, 2.24) is 5.32 Å². The molecule has 1 fully saturated rings. The van der Waals surface area contributed by atoms with E-state index in [1.807, 2.05) is 0 Å². The van der Waals surface area contributed by atoms with Gasteiger partial charge in [0.05, 0.1) is 11.1 Å². The molecule has 0 bridgehead atoms. The third kappa shape index (κ3) is 3.37. The minimum atomic E-state index is -0.697. The van der Waals surface area contributed by atoms with E-state index in [1.54, 1.807) is 0 Å². The molecule has 0 aromatic heterocycles. The maximum atomic E-state index is 13.6. The van der Waals surface area contributed by atoms with Crippen molar-refractivity contribution in [3.05, 3.63) is 35.4 Å². The monoisotopic (exact) mass is 345 g/mol. The molecule has 1 aliphatic carbocycles. The van der Waals surface area contributed by atoms with Gasteiger partial charge in [0.2, 0.25) is 0 Å². The molecule has 2 unspecified atom stereocenters. The van der Waals surface area contributed by atoms with Gasteiger partial charge in [-0.1, -0.05) is 35.7 Å². The van der Waals surface area contributed by atoms with Crippen LogP contribution in [0.25, 0.3) is 0 Å². The number of hydrogen-bond donors (Lipinski definition) is 1. The Morgan fingerprint density at radius 2 is 2.25 bits per heavy atom. The minimum absolute atomic E-state index is 0.233. The molecule has 0 aliphatic heterocycles. The first-order valence-corrected chi connectivity index (χ1v) is 7.91. The highest BCUT2D eigenvalue weighted by Gasteiger charge is 2.36. The van der Waals surface area contributed by atoms with Gasteiger partial charge < -0.3 is 5.32 Å². The number of carbonyl (C=O) groups is 1. The first-order chi connectivity index (χ1) is 9.46. The molecule has 1 aliphatic rings. The van der Waals surface area contributed by atoms with Crippen LogP contribution in [0.3, 0.4) is 0 Å². The van der Waals surface area contributed by atoms with Crippen molar-refractivity contribution in [2.45, 2.75) is 38.1 Å². The lowest BCUT2D eigenvalue weighted by Crippen LogP contribution is -2.52. The van der Waals surface area contributed by atoms with Crippen LogP contribution in [0.1, 0.15) is 43.0 Å². The van der Waals surface area contributed by atoms with Crippen LogP contribution in [0.15, 0.2) is 18.2 Å². The van der Waals surface area contributed by atoms with Crippen molar-refractivity contribution in [2.75, 3.05) is 5.33 Å². The van der Waals surface area contributed by atoms with Gasteiger partial charge in [-0.3, -0.25) is 4.79 Å². The Hall–Kier alpha value is -0.970. The summed E-state index contributed by atoms with van der Waals surface area (Å²) >= 11 is 3.45. The molecule has 1 N–H and O–H groups in total. The van der Waals surface area contributed by atoms with E-state index in [0.29, 0.717) is 11.2 Å². The van der Waals surface area contributed by atoms with E-state index in [0.717, 1.165) is 43.9 Å². The van der Waals surface area contributed by atoms with Crippen LogP contribution in [0.4, 0.5) is 8.78 Å². The van der Waals surface area contributed by atoms with E-state index in [4.69, 9.17) is 0 Å². The van der Waals surface area contributed by atoms with Crippen molar-refractivity contribution in [1.29, 1.82) is 0 Å². The van der Waals surface area contributed by atoms with Crippen LogP contribution in [-0.4, -0.2) is 16.8 Å². The molecule has 1 saturated carbocycles. The lowest BCUT2D eigenvalue weighted by Gasteiger charge is -2.39. The fourth-order valence-electron chi connectivity index (χ4n) is 2.91. The van der Waals surface area contributed by atoms with E-state index in [-0.39, 0.29) is 11.1 Å². The molecular weight excluding hydrogens is 328 g/mol. The van der Waals surface area contributed by atoms with Gasteiger partial charge >= 0.3 is 0 Å². The van der Waals surface area contributed by atoms with Gasteiger partial charge in [-0.2, -0.15) is 0 Å². The summed E-state index contributed by atoms with van der Waals surface area (Å²) in [5.41, 5.74) is -0.600. The molecule has 1 aromatic rings. The van der Waals surface area contributed by atoms with Gasteiger partial charge in [0.25, 0.3) is 5.91 Å². The number of rotatable bonds is 3. The molecule has 110 valence electrons. The number of alkyl halides is 1.